The molecule has 1 saturated heterocycles. The Morgan fingerprint density at radius 3 is 2.72 bits per heavy atom. The Bertz CT molecular complexity index is 388. The standard InChI is InChI=1S/C9H12F3N3O3/c10-9(11,12)17-4-7-14-15-8(18-7)6-2-1-5(13)3-16-6/h5-6H,1-4,13H2/t5-,6+/m1/s1. The van der Waals surface area contributed by atoms with E-state index in [2.05, 4.69) is 14.9 Å². The Morgan fingerprint density at radius 1 is 1.33 bits per heavy atom. The summed E-state index contributed by atoms with van der Waals surface area (Å²) in [6, 6.07) is -0.0304. The lowest BCUT2D eigenvalue weighted by molar-refractivity contribution is -0.332. The zero-order valence-electron chi connectivity index (χ0n) is 9.31. The van der Waals surface area contributed by atoms with E-state index in [1.807, 2.05) is 0 Å². The third kappa shape index (κ3) is 3.65. The van der Waals surface area contributed by atoms with Crippen molar-refractivity contribution in [2.45, 2.75) is 38.0 Å². The van der Waals surface area contributed by atoms with Crippen LogP contribution in [0.1, 0.15) is 30.7 Å². The van der Waals surface area contributed by atoms with E-state index >= 15 is 0 Å². The highest BCUT2D eigenvalue weighted by Crippen LogP contribution is 2.27. The molecule has 2 atom stereocenters. The monoisotopic (exact) mass is 267 g/mol. The predicted molar refractivity (Wildman–Crippen MR) is 51.0 cm³/mol. The lowest BCUT2D eigenvalue weighted by atomic mass is 10.1. The summed E-state index contributed by atoms with van der Waals surface area (Å²) in [4.78, 5) is 0. The largest absolute Gasteiger partial charge is 0.523 e. The molecular weight excluding hydrogens is 255 g/mol. The molecule has 1 fully saturated rings. The van der Waals surface area contributed by atoms with Crippen molar-refractivity contribution in [2.24, 2.45) is 5.73 Å². The van der Waals surface area contributed by atoms with E-state index in [9.17, 15) is 13.2 Å². The van der Waals surface area contributed by atoms with E-state index in [0.29, 0.717) is 13.0 Å². The minimum atomic E-state index is -4.72. The Labute approximate surface area is 100 Å². The van der Waals surface area contributed by atoms with Gasteiger partial charge in [-0.05, 0) is 12.8 Å². The second-order valence-corrected chi connectivity index (χ2v) is 3.93. The quantitative estimate of drug-likeness (QED) is 0.888. The summed E-state index contributed by atoms with van der Waals surface area (Å²) in [6.45, 7) is -0.440. The van der Waals surface area contributed by atoms with Crippen LogP contribution >= 0.6 is 0 Å². The van der Waals surface area contributed by atoms with Crippen LogP contribution < -0.4 is 5.73 Å². The molecule has 2 rings (SSSR count). The molecule has 1 aliphatic heterocycles. The Balaban J connectivity index is 1.90. The molecule has 18 heavy (non-hydrogen) atoms. The summed E-state index contributed by atoms with van der Waals surface area (Å²) < 4.78 is 49.4. The summed E-state index contributed by atoms with van der Waals surface area (Å²) in [5.41, 5.74) is 5.64. The van der Waals surface area contributed by atoms with Gasteiger partial charge >= 0.3 is 6.36 Å². The van der Waals surface area contributed by atoms with Crippen molar-refractivity contribution in [1.82, 2.24) is 10.2 Å². The molecule has 0 aliphatic carbocycles. The van der Waals surface area contributed by atoms with Gasteiger partial charge in [0.1, 0.15) is 12.7 Å². The second kappa shape index (κ2) is 5.21. The third-order valence-electron chi connectivity index (χ3n) is 2.43. The van der Waals surface area contributed by atoms with Gasteiger partial charge in [0.25, 0.3) is 0 Å². The first-order chi connectivity index (χ1) is 8.44. The lowest BCUT2D eigenvalue weighted by Crippen LogP contribution is -2.32. The maximum absolute atomic E-state index is 11.8. The van der Waals surface area contributed by atoms with Crippen LogP contribution in [-0.2, 0) is 16.1 Å². The first kappa shape index (κ1) is 13.2. The number of nitrogens with zero attached hydrogens (tertiary/aromatic N) is 2. The summed E-state index contributed by atoms with van der Waals surface area (Å²) >= 11 is 0. The van der Waals surface area contributed by atoms with Gasteiger partial charge in [0, 0.05) is 6.04 Å². The van der Waals surface area contributed by atoms with Crippen LogP contribution in [0.4, 0.5) is 13.2 Å². The number of aromatic nitrogens is 2. The van der Waals surface area contributed by atoms with E-state index in [0.717, 1.165) is 6.42 Å². The van der Waals surface area contributed by atoms with Crippen LogP contribution in [-0.4, -0.2) is 29.2 Å². The molecule has 0 aromatic carbocycles. The average molecular weight is 267 g/mol. The number of halogens is 3. The molecule has 0 unspecified atom stereocenters. The second-order valence-electron chi connectivity index (χ2n) is 3.93. The van der Waals surface area contributed by atoms with Crippen LogP contribution in [0.5, 0.6) is 0 Å². The smallest absolute Gasteiger partial charge is 0.420 e. The number of ether oxygens (including phenoxy) is 2. The van der Waals surface area contributed by atoms with Crippen molar-refractivity contribution in [1.29, 1.82) is 0 Å². The van der Waals surface area contributed by atoms with Crippen molar-refractivity contribution in [3.8, 4) is 0 Å². The first-order valence-electron chi connectivity index (χ1n) is 5.34. The van der Waals surface area contributed by atoms with Gasteiger partial charge < -0.3 is 14.9 Å². The van der Waals surface area contributed by atoms with E-state index in [1.165, 1.54) is 0 Å². The Morgan fingerprint density at radius 2 is 2.11 bits per heavy atom. The molecule has 102 valence electrons. The van der Waals surface area contributed by atoms with Gasteiger partial charge in [0.15, 0.2) is 0 Å². The van der Waals surface area contributed by atoms with Crippen molar-refractivity contribution in [3.63, 3.8) is 0 Å². The molecule has 0 spiro atoms. The molecule has 0 radical (unpaired) electrons. The maximum atomic E-state index is 11.8. The highest BCUT2D eigenvalue weighted by molar-refractivity contribution is 4.89. The SMILES string of the molecule is N[C@@H]1CC[C@@H](c2nnc(COC(F)(F)F)o2)OC1. The van der Waals surface area contributed by atoms with Gasteiger partial charge in [-0.15, -0.1) is 23.4 Å². The Kier molecular flexibility index (Phi) is 3.83. The fourth-order valence-electron chi connectivity index (χ4n) is 1.57. The molecule has 2 heterocycles. The highest BCUT2D eigenvalue weighted by Gasteiger charge is 2.31. The van der Waals surface area contributed by atoms with Crippen LogP contribution in [0.3, 0.4) is 0 Å². The lowest BCUT2D eigenvalue weighted by Gasteiger charge is -2.24. The first-order valence-corrected chi connectivity index (χ1v) is 5.34. The van der Waals surface area contributed by atoms with Crippen LogP contribution in [0.25, 0.3) is 0 Å². The maximum Gasteiger partial charge on any atom is 0.523 e. The van der Waals surface area contributed by atoms with E-state index in [4.69, 9.17) is 14.9 Å². The van der Waals surface area contributed by atoms with Crippen LogP contribution in [0.2, 0.25) is 0 Å². The van der Waals surface area contributed by atoms with E-state index in [1.54, 1.807) is 0 Å². The molecule has 9 heteroatoms. The molecule has 0 saturated carbocycles. The molecule has 1 aromatic rings. The van der Waals surface area contributed by atoms with Gasteiger partial charge in [-0.2, -0.15) is 0 Å². The van der Waals surface area contributed by atoms with Crippen LogP contribution in [0, 0.1) is 0 Å². The average Bonchev–Trinajstić information content (AvgIpc) is 2.75. The molecule has 0 bridgehead atoms. The molecule has 2 N–H and O–H groups in total. The predicted octanol–water partition coefficient (Wildman–Crippen LogP) is 1.28. The fraction of sp³-hybridized carbons (Fsp3) is 0.778. The van der Waals surface area contributed by atoms with Crippen molar-refractivity contribution in [3.05, 3.63) is 11.8 Å². The van der Waals surface area contributed by atoms with Crippen molar-refractivity contribution in [2.75, 3.05) is 6.61 Å². The molecule has 6 nitrogen and oxygen atoms in total. The summed E-state index contributed by atoms with van der Waals surface area (Å²) in [6.07, 6.45) is -3.79. The zero-order valence-corrected chi connectivity index (χ0v) is 9.31. The minimum absolute atomic E-state index is 0.0304. The summed E-state index contributed by atoms with van der Waals surface area (Å²) in [5.74, 6) is -0.0801. The normalized spacial score (nSPS) is 25.3. The van der Waals surface area contributed by atoms with Gasteiger partial charge in [-0.3, -0.25) is 4.74 Å². The third-order valence-corrected chi connectivity index (χ3v) is 2.43. The van der Waals surface area contributed by atoms with Gasteiger partial charge in [0.05, 0.1) is 6.61 Å². The fourth-order valence-corrected chi connectivity index (χ4v) is 1.57. The zero-order chi connectivity index (χ0) is 13.2. The van der Waals surface area contributed by atoms with Gasteiger partial charge in [-0.1, -0.05) is 0 Å². The number of rotatable bonds is 3. The summed E-state index contributed by atoms with van der Waals surface area (Å²) in [5, 5.41) is 7.10. The number of alkyl halides is 3. The number of hydrogen-bond donors (Lipinski definition) is 1. The number of hydrogen-bond acceptors (Lipinski definition) is 6. The number of nitrogens with two attached hydrogens (primary N) is 1. The molecule has 1 aliphatic rings. The van der Waals surface area contributed by atoms with E-state index < -0.39 is 19.1 Å². The van der Waals surface area contributed by atoms with Crippen LogP contribution in [0.15, 0.2) is 4.42 Å². The minimum Gasteiger partial charge on any atom is -0.420 e. The molecular formula is C9H12F3N3O3. The van der Waals surface area contributed by atoms with Gasteiger partial charge in [-0.25, -0.2) is 0 Å². The summed E-state index contributed by atoms with van der Waals surface area (Å²) in [7, 11) is 0. The van der Waals surface area contributed by atoms with Crippen molar-refractivity contribution >= 4 is 0 Å². The van der Waals surface area contributed by atoms with Crippen molar-refractivity contribution < 1.29 is 27.1 Å². The topological polar surface area (TPSA) is 83.4 Å². The molecule has 1 aromatic heterocycles. The Hall–Kier alpha value is -1.19. The van der Waals surface area contributed by atoms with E-state index in [-0.39, 0.29) is 17.8 Å². The molecule has 0 amide bonds. The highest BCUT2D eigenvalue weighted by atomic mass is 19.4. The van der Waals surface area contributed by atoms with Gasteiger partial charge in [0.2, 0.25) is 11.8 Å².